The van der Waals surface area contributed by atoms with Gasteiger partial charge in [0.2, 0.25) is 11.8 Å². The second-order valence-electron chi connectivity index (χ2n) is 6.50. The van der Waals surface area contributed by atoms with Crippen LogP contribution in [0.3, 0.4) is 0 Å². The van der Waals surface area contributed by atoms with Gasteiger partial charge in [0.15, 0.2) is 0 Å². The van der Waals surface area contributed by atoms with Gasteiger partial charge >= 0.3 is 5.97 Å². The van der Waals surface area contributed by atoms with E-state index in [4.69, 9.17) is 9.15 Å². The molecule has 0 spiro atoms. The van der Waals surface area contributed by atoms with Crippen molar-refractivity contribution < 1.29 is 18.7 Å². The first kappa shape index (κ1) is 21.1. The van der Waals surface area contributed by atoms with Gasteiger partial charge in [-0.05, 0) is 56.0 Å². The van der Waals surface area contributed by atoms with Gasteiger partial charge in [-0.15, -0.1) is 21.5 Å². The number of ether oxygens (including phenoxy) is 1. The van der Waals surface area contributed by atoms with Gasteiger partial charge in [-0.3, -0.25) is 4.79 Å². The quantitative estimate of drug-likeness (QED) is 0.356. The lowest BCUT2D eigenvalue weighted by molar-refractivity contribution is -0.113. The summed E-state index contributed by atoms with van der Waals surface area (Å²) < 4.78 is 11.8. The van der Waals surface area contributed by atoms with Crippen molar-refractivity contribution in [2.75, 3.05) is 17.7 Å². The van der Waals surface area contributed by atoms with Crippen molar-refractivity contribution in [2.45, 2.75) is 31.4 Å². The maximum Gasteiger partial charge on any atom is 0.341 e. The molecular formula is C20H18BrN3O4S2. The Bertz CT molecular complexity index is 1080. The smallest absolute Gasteiger partial charge is 0.341 e. The van der Waals surface area contributed by atoms with Gasteiger partial charge in [0, 0.05) is 14.9 Å². The average molecular weight is 508 g/mol. The van der Waals surface area contributed by atoms with Crippen molar-refractivity contribution in [2.24, 2.45) is 0 Å². The molecule has 0 radical (unpaired) electrons. The summed E-state index contributed by atoms with van der Waals surface area (Å²) in [5, 5.41) is 11.7. The molecule has 0 aliphatic heterocycles. The minimum atomic E-state index is -0.379. The summed E-state index contributed by atoms with van der Waals surface area (Å²) >= 11 is 5.99. The summed E-state index contributed by atoms with van der Waals surface area (Å²) in [7, 11) is 0. The summed E-state index contributed by atoms with van der Waals surface area (Å²) in [4.78, 5) is 26.0. The summed E-state index contributed by atoms with van der Waals surface area (Å²) in [6.07, 6.45) is 2.79. The second-order valence-corrected chi connectivity index (χ2v) is 9.45. The molecule has 1 amide bonds. The molecule has 4 rings (SSSR count). The van der Waals surface area contributed by atoms with Crippen LogP contribution in [0.2, 0.25) is 0 Å². The van der Waals surface area contributed by atoms with Crippen LogP contribution in [0.4, 0.5) is 5.00 Å². The Morgan fingerprint density at radius 3 is 2.83 bits per heavy atom. The number of fused-ring (bicyclic) bond motifs is 1. The fraction of sp³-hybridized carbons (Fsp3) is 0.300. The third-order valence-electron chi connectivity index (χ3n) is 4.48. The zero-order valence-corrected chi connectivity index (χ0v) is 19.3. The molecule has 1 aliphatic rings. The number of aryl methyl sites for hydroxylation is 1. The van der Waals surface area contributed by atoms with Crippen LogP contribution in [-0.2, 0) is 22.4 Å². The number of thiophene rings is 1. The second kappa shape index (κ2) is 9.32. The monoisotopic (exact) mass is 507 g/mol. The summed E-state index contributed by atoms with van der Waals surface area (Å²) in [5.41, 5.74) is 2.31. The Morgan fingerprint density at radius 2 is 2.07 bits per heavy atom. The number of carbonyl (C=O) groups is 2. The van der Waals surface area contributed by atoms with Crippen molar-refractivity contribution in [3.8, 4) is 11.5 Å². The molecule has 156 valence electrons. The van der Waals surface area contributed by atoms with Crippen LogP contribution < -0.4 is 5.32 Å². The number of aromatic nitrogens is 2. The average Bonchev–Trinajstić information content (AvgIpc) is 3.43. The standard InChI is InChI=1S/C20H18BrN3O4S2/c1-2-27-19(26)16-13-4-3-5-14(13)30-18(16)22-15(25)10-29-20-24-23-17(28-20)11-6-8-12(21)9-7-11/h6-9H,2-5,10H2,1H3,(H,22,25). The number of thioether (sulfide) groups is 1. The van der Waals surface area contributed by atoms with Crippen LogP contribution in [0.5, 0.6) is 0 Å². The van der Waals surface area contributed by atoms with E-state index in [9.17, 15) is 9.59 Å². The first-order chi connectivity index (χ1) is 14.5. The fourth-order valence-electron chi connectivity index (χ4n) is 3.18. The molecule has 0 saturated heterocycles. The first-order valence-corrected chi connectivity index (χ1v) is 12.0. The SMILES string of the molecule is CCOC(=O)c1c(NC(=O)CSc2nnc(-c3ccc(Br)cc3)o2)sc2c1CCC2. The van der Waals surface area contributed by atoms with Crippen LogP contribution >= 0.6 is 39.0 Å². The lowest BCUT2D eigenvalue weighted by Crippen LogP contribution is -2.16. The highest BCUT2D eigenvalue weighted by atomic mass is 79.9. The van der Waals surface area contributed by atoms with Crippen molar-refractivity contribution in [1.29, 1.82) is 0 Å². The van der Waals surface area contributed by atoms with Crippen molar-refractivity contribution in [1.82, 2.24) is 10.2 Å². The normalized spacial score (nSPS) is 12.6. The largest absolute Gasteiger partial charge is 0.462 e. The van der Waals surface area contributed by atoms with E-state index in [-0.39, 0.29) is 17.6 Å². The van der Waals surface area contributed by atoms with Crippen LogP contribution in [0.25, 0.3) is 11.5 Å². The lowest BCUT2D eigenvalue weighted by Gasteiger charge is -2.07. The topological polar surface area (TPSA) is 94.3 Å². The highest BCUT2D eigenvalue weighted by Gasteiger charge is 2.28. The number of rotatable bonds is 7. The molecule has 7 nitrogen and oxygen atoms in total. The molecule has 0 bridgehead atoms. The molecule has 1 aliphatic carbocycles. The number of halogens is 1. The maximum atomic E-state index is 12.5. The number of carbonyl (C=O) groups excluding carboxylic acids is 2. The number of hydrogen-bond acceptors (Lipinski definition) is 8. The highest BCUT2D eigenvalue weighted by molar-refractivity contribution is 9.10. The van der Waals surface area contributed by atoms with E-state index >= 15 is 0 Å². The van der Waals surface area contributed by atoms with Gasteiger partial charge in [0.1, 0.15) is 5.00 Å². The molecule has 10 heteroatoms. The van der Waals surface area contributed by atoms with Gasteiger partial charge in [0.25, 0.3) is 5.22 Å². The molecule has 1 aromatic carbocycles. The summed E-state index contributed by atoms with van der Waals surface area (Å²) in [6.45, 7) is 2.07. The Balaban J connectivity index is 1.40. The van der Waals surface area contributed by atoms with Crippen molar-refractivity contribution in [3.63, 3.8) is 0 Å². The molecule has 0 atom stereocenters. The molecule has 2 heterocycles. The Labute approximate surface area is 189 Å². The molecular weight excluding hydrogens is 490 g/mol. The van der Waals surface area contributed by atoms with E-state index < -0.39 is 0 Å². The zero-order valence-electron chi connectivity index (χ0n) is 16.1. The molecule has 0 saturated carbocycles. The minimum absolute atomic E-state index is 0.0901. The van der Waals surface area contributed by atoms with Crippen molar-refractivity contribution >= 4 is 55.9 Å². The number of amides is 1. The molecule has 1 N–H and O–H groups in total. The van der Waals surface area contributed by atoms with E-state index in [1.807, 2.05) is 24.3 Å². The highest BCUT2D eigenvalue weighted by Crippen LogP contribution is 2.39. The van der Waals surface area contributed by atoms with Crippen LogP contribution in [0.1, 0.15) is 34.1 Å². The van der Waals surface area contributed by atoms with Gasteiger partial charge < -0.3 is 14.5 Å². The van der Waals surface area contributed by atoms with Crippen LogP contribution in [0, 0.1) is 0 Å². The number of nitrogens with zero attached hydrogens (tertiary/aromatic N) is 2. The number of nitrogens with one attached hydrogen (secondary N) is 1. The van der Waals surface area contributed by atoms with E-state index in [1.165, 1.54) is 11.3 Å². The third kappa shape index (κ3) is 4.60. The Kier molecular flexibility index (Phi) is 6.55. The van der Waals surface area contributed by atoms with Crippen LogP contribution in [0.15, 0.2) is 38.4 Å². The van der Waals surface area contributed by atoms with Gasteiger partial charge in [0.05, 0.1) is 17.9 Å². The molecule has 0 unspecified atom stereocenters. The third-order valence-corrected chi connectivity index (χ3v) is 7.03. The van der Waals surface area contributed by atoms with E-state index in [1.54, 1.807) is 6.92 Å². The number of hydrogen-bond donors (Lipinski definition) is 1. The number of benzene rings is 1. The van der Waals surface area contributed by atoms with E-state index in [0.29, 0.717) is 28.3 Å². The molecule has 0 fully saturated rings. The van der Waals surface area contributed by atoms with Gasteiger partial charge in [-0.25, -0.2) is 4.79 Å². The summed E-state index contributed by atoms with van der Waals surface area (Å²) in [6, 6.07) is 7.51. The van der Waals surface area contributed by atoms with Gasteiger partial charge in [-0.2, -0.15) is 0 Å². The van der Waals surface area contributed by atoms with Crippen molar-refractivity contribution in [3.05, 3.63) is 44.7 Å². The zero-order chi connectivity index (χ0) is 21.1. The first-order valence-electron chi connectivity index (χ1n) is 9.39. The predicted molar refractivity (Wildman–Crippen MR) is 119 cm³/mol. The van der Waals surface area contributed by atoms with E-state index in [0.717, 1.165) is 51.5 Å². The Hall–Kier alpha value is -2.17. The maximum absolute atomic E-state index is 12.5. The predicted octanol–water partition coefficient (Wildman–Crippen LogP) is 4.96. The molecule has 3 aromatic rings. The number of anilines is 1. The lowest BCUT2D eigenvalue weighted by atomic mass is 10.1. The molecule has 30 heavy (non-hydrogen) atoms. The Morgan fingerprint density at radius 1 is 1.27 bits per heavy atom. The number of esters is 1. The summed E-state index contributed by atoms with van der Waals surface area (Å²) in [5.74, 6) is -0.137. The minimum Gasteiger partial charge on any atom is -0.462 e. The fourth-order valence-corrected chi connectivity index (χ4v) is 5.30. The molecule has 2 aromatic heterocycles. The van der Waals surface area contributed by atoms with Gasteiger partial charge in [-0.1, -0.05) is 27.7 Å². The van der Waals surface area contributed by atoms with Crippen LogP contribution in [-0.4, -0.2) is 34.4 Å². The van der Waals surface area contributed by atoms with E-state index in [2.05, 4.69) is 31.4 Å².